The van der Waals surface area contributed by atoms with Gasteiger partial charge in [-0.15, -0.1) is 0 Å². The van der Waals surface area contributed by atoms with Gasteiger partial charge in [0.1, 0.15) is 5.82 Å². The zero-order chi connectivity index (χ0) is 19.2. The normalized spacial score (nSPS) is 34.6. The summed E-state index contributed by atoms with van der Waals surface area (Å²) in [6.07, 6.45) is 0.0422. The van der Waals surface area contributed by atoms with E-state index in [0.717, 1.165) is 6.07 Å². The Kier molecular flexibility index (Phi) is 4.92. The Morgan fingerprint density at radius 2 is 1.88 bits per heavy atom. The van der Waals surface area contributed by atoms with Crippen LogP contribution in [0.1, 0.15) is 23.0 Å². The molecule has 140 valence electrons. The second-order valence-corrected chi connectivity index (χ2v) is 10.3. The van der Waals surface area contributed by atoms with E-state index in [2.05, 4.69) is 4.98 Å². The summed E-state index contributed by atoms with van der Waals surface area (Å²) in [5, 5.41) is 7.45. The maximum atomic E-state index is 14.1. The first-order valence-corrected chi connectivity index (χ1v) is 10.6. The SMILES string of the molecule is Cc1ccc(C2OP(=O)(O)C(O)(Cc3cccnc3)P(=O)(O)O2)c(F)c1. The van der Waals surface area contributed by atoms with Gasteiger partial charge in [-0.25, -0.2) is 4.39 Å². The van der Waals surface area contributed by atoms with Crippen LogP contribution in [0, 0.1) is 12.7 Å². The smallest absolute Gasteiger partial charge is 0.367 e. The molecule has 0 aliphatic carbocycles. The molecule has 0 bridgehead atoms. The summed E-state index contributed by atoms with van der Waals surface area (Å²) in [6, 6.07) is 6.73. The molecule has 2 aromatic rings. The Balaban J connectivity index is 1.99. The lowest BCUT2D eigenvalue weighted by molar-refractivity contribution is -0.0596. The Hall–Kier alpha value is -1.44. The first-order chi connectivity index (χ1) is 12.1. The molecule has 1 aliphatic heterocycles. The maximum absolute atomic E-state index is 14.1. The van der Waals surface area contributed by atoms with Crippen molar-refractivity contribution in [3.63, 3.8) is 0 Å². The van der Waals surface area contributed by atoms with Crippen LogP contribution < -0.4 is 0 Å². The van der Waals surface area contributed by atoms with Gasteiger partial charge in [0.05, 0.1) is 0 Å². The molecule has 0 radical (unpaired) electrons. The third-order valence-electron chi connectivity index (χ3n) is 3.96. The van der Waals surface area contributed by atoms with E-state index in [1.807, 2.05) is 0 Å². The molecule has 1 aliphatic rings. The molecule has 1 aromatic carbocycles. The van der Waals surface area contributed by atoms with Gasteiger partial charge in [0, 0.05) is 24.4 Å². The third kappa shape index (κ3) is 3.28. The van der Waals surface area contributed by atoms with E-state index in [4.69, 9.17) is 9.05 Å². The van der Waals surface area contributed by atoms with Gasteiger partial charge in [-0.05, 0) is 30.2 Å². The fourth-order valence-electron chi connectivity index (χ4n) is 2.52. The lowest BCUT2D eigenvalue weighted by Crippen LogP contribution is -2.38. The Bertz CT molecular complexity index is 897. The van der Waals surface area contributed by atoms with E-state index < -0.39 is 38.8 Å². The minimum absolute atomic E-state index is 0.214. The van der Waals surface area contributed by atoms with E-state index in [-0.39, 0.29) is 11.1 Å². The van der Waals surface area contributed by atoms with Gasteiger partial charge >= 0.3 is 15.2 Å². The fourth-order valence-corrected chi connectivity index (χ4v) is 6.08. The summed E-state index contributed by atoms with van der Waals surface area (Å²) in [6.45, 7) is 1.62. The molecule has 8 nitrogen and oxygen atoms in total. The molecular formula is C15H16FNO7P2. The number of pyridine rings is 1. The summed E-state index contributed by atoms with van der Waals surface area (Å²) in [4.78, 5) is 24.2. The zero-order valence-electron chi connectivity index (χ0n) is 13.5. The van der Waals surface area contributed by atoms with Crippen LogP contribution in [0.25, 0.3) is 0 Å². The van der Waals surface area contributed by atoms with Crippen LogP contribution in [0.3, 0.4) is 0 Å². The van der Waals surface area contributed by atoms with Crippen LogP contribution in [0.2, 0.25) is 0 Å². The second-order valence-electron chi connectivity index (χ2n) is 5.92. The van der Waals surface area contributed by atoms with Crippen molar-refractivity contribution in [2.24, 2.45) is 0 Å². The van der Waals surface area contributed by atoms with Crippen molar-refractivity contribution in [3.05, 3.63) is 65.2 Å². The molecule has 1 saturated heterocycles. The molecule has 3 rings (SSSR count). The van der Waals surface area contributed by atoms with Crippen molar-refractivity contribution in [1.29, 1.82) is 0 Å². The molecule has 1 aromatic heterocycles. The lowest BCUT2D eigenvalue weighted by Gasteiger charge is -2.41. The first-order valence-electron chi connectivity index (χ1n) is 7.46. The van der Waals surface area contributed by atoms with Gasteiger partial charge < -0.3 is 14.9 Å². The predicted octanol–water partition coefficient (Wildman–Crippen LogP) is 2.83. The van der Waals surface area contributed by atoms with Crippen LogP contribution in [0.15, 0.2) is 42.7 Å². The molecular weight excluding hydrogens is 387 g/mol. The number of hydrogen-bond donors (Lipinski definition) is 3. The van der Waals surface area contributed by atoms with Crippen LogP contribution >= 0.6 is 15.2 Å². The van der Waals surface area contributed by atoms with Crippen molar-refractivity contribution < 1.29 is 37.5 Å². The predicted molar refractivity (Wildman–Crippen MR) is 88.6 cm³/mol. The van der Waals surface area contributed by atoms with Gasteiger partial charge in [-0.2, -0.15) is 0 Å². The molecule has 3 N–H and O–H groups in total. The zero-order valence-corrected chi connectivity index (χ0v) is 15.3. The topological polar surface area (TPSA) is 126 Å². The lowest BCUT2D eigenvalue weighted by atomic mass is 10.1. The van der Waals surface area contributed by atoms with Crippen LogP contribution in [0.5, 0.6) is 0 Å². The number of nitrogens with zero attached hydrogens (tertiary/aromatic N) is 1. The highest BCUT2D eigenvalue weighted by Gasteiger charge is 2.67. The minimum atomic E-state index is -5.13. The number of aliphatic hydroxyl groups is 1. The third-order valence-corrected chi connectivity index (χ3v) is 8.55. The highest BCUT2D eigenvalue weighted by atomic mass is 31.2. The van der Waals surface area contributed by atoms with E-state index in [1.165, 1.54) is 36.7 Å². The van der Waals surface area contributed by atoms with Crippen LogP contribution in [-0.2, 0) is 24.6 Å². The molecule has 1 fully saturated rings. The number of hydrogen-bond acceptors (Lipinski definition) is 6. The Morgan fingerprint density at radius 1 is 1.23 bits per heavy atom. The number of aromatic nitrogens is 1. The summed E-state index contributed by atoms with van der Waals surface area (Å²) < 4.78 is 49.0. The van der Waals surface area contributed by atoms with Gasteiger partial charge in [0.15, 0.2) is 0 Å². The van der Waals surface area contributed by atoms with Crippen molar-refractivity contribution in [2.45, 2.75) is 24.7 Å². The quantitative estimate of drug-likeness (QED) is 0.668. The number of aryl methyl sites for hydroxylation is 1. The Morgan fingerprint density at radius 3 is 2.42 bits per heavy atom. The van der Waals surface area contributed by atoms with Gasteiger partial charge in [0.25, 0.3) is 5.08 Å². The Labute approximate surface area is 148 Å². The monoisotopic (exact) mass is 403 g/mol. The fraction of sp³-hybridized carbons (Fsp3) is 0.267. The van der Waals surface area contributed by atoms with E-state index in [9.17, 15) is 28.4 Å². The molecule has 26 heavy (non-hydrogen) atoms. The van der Waals surface area contributed by atoms with Crippen molar-refractivity contribution >= 4 is 15.2 Å². The van der Waals surface area contributed by atoms with Gasteiger partial charge in [0.2, 0.25) is 6.29 Å². The number of benzene rings is 1. The molecule has 11 heteroatoms. The maximum Gasteiger partial charge on any atom is 0.374 e. The van der Waals surface area contributed by atoms with E-state index in [1.54, 1.807) is 6.92 Å². The molecule has 0 saturated carbocycles. The summed E-state index contributed by atoms with van der Waals surface area (Å²) in [5.41, 5.74) is 0.447. The largest absolute Gasteiger partial charge is 0.374 e. The average molecular weight is 403 g/mol. The van der Waals surface area contributed by atoms with E-state index >= 15 is 0 Å². The van der Waals surface area contributed by atoms with E-state index in [0.29, 0.717) is 5.56 Å². The molecule has 2 atom stereocenters. The summed E-state index contributed by atoms with van der Waals surface area (Å²) >= 11 is 0. The second kappa shape index (κ2) is 6.62. The first kappa shape index (κ1) is 19.3. The molecule has 0 amide bonds. The highest BCUT2D eigenvalue weighted by Crippen LogP contribution is 2.79. The number of halogens is 1. The van der Waals surface area contributed by atoms with Crippen molar-refractivity contribution in [1.82, 2.24) is 4.98 Å². The standard InChI is InChI=1S/C15H16FNO7P2/c1-10-4-5-12(13(16)7-10)14-23-25(19,20)15(18,26(21,22)24-14)8-11-3-2-6-17-9-11/h2-7,9,14,18H,8H2,1H3,(H,19,20)(H,21,22). The number of rotatable bonds is 3. The van der Waals surface area contributed by atoms with Gasteiger partial charge in [-0.1, -0.05) is 18.2 Å². The average Bonchev–Trinajstić information content (AvgIpc) is 2.53. The van der Waals surface area contributed by atoms with Crippen LogP contribution in [-0.4, -0.2) is 25.0 Å². The molecule has 2 unspecified atom stereocenters. The van der Waals surface area contributed by atoms with Crippen molar-refractivity contribution in [3.8, 4) is 0 Å². The summed E-state index contributed by atoms with van der Waals surface area (Å²) in [7, 11) is -10.3. The van der Waals surface area contributed by atoms with Gasteiger partial charge in [-0.3, -0.25) is 23.2 Å². The molecule has 2 heterocycles. The minimum Gasteiger partial charge on any atom is -0.367 e. The highest BCUT2D eigenvalue weighted by molar-refractivity contribution is 7.73. The summed E-state index contributed by atoms with van der Waals surface area (Å²) in [5.74, 6) is -0.840. The molecule has 0 spiro atoms. The van der Waals surface area contributed by atoms with Crippen molar-refractivity contribution in [2.75, 3.05) is 0 Å². The van der Waals surface area contributed by atoms with Crippen LogP contribution in [0.4, 0.5) is 4.39 Å².